The summed E-state index contributed by atoms with van der Waals surface area (Å²) in [7, 11) is 0. The van der Waals surface area contributed by atoms with Crippen molar-refractivity contribution in [2.24, 2.45) is 5.73 Å². The van der Waals surface area contributed by atoms with Crippen LogP contribution < -0.4 is 10.5 Å². The highest BCUT2D eigenvalue weighted by molar-refractivity contribution is 5.40. The minimum Gasteiger partial charge on any atom is -0.489 e. The summed E-state index contributed by atoms with van der Waals surface area (Å²) >= 11 is 0. The van der Waals surface area contributed by atoms with Gasteiger partial charge in [0.25, 0.3) is 0 Å². The molecule has 2 nitrogen and oxygen atoms in total. The lowest BCUT2D eigenvalue weighted by molar-refractivity contribution is 0.300. The Labute approximate surface area is 121 Å². The van der Waals surface area contributed by atoms with Gasteiger partial charge in [-0.05, 0) is 56.0 Å². The van der Waals surface area contributed by atoms with Gasteiger partial charge in [0.05, 0.1) is 0 Å². The minimum absolute atomic E-state index is 0.0245. The van der Waals surface area contributed by atoms with E-state index in [1.165, 1.54) is 22.3 Å². The number of aryl methyl sites for hydroxylation is 3. The molecule has 0 saturated carbocycles. The smallest absolute Gasteiger partial charge is 0.124 e. The zero-order chi connectivity index (χ0) is 14.7. The summed E-state index contributed by atoms with van der Waals surface area (Å²) < 4.78 is 6.05. The SMILES string of the molecule is Cc1ccc([C@@H](C)N)c(OCc2c(C)cccc2C)c1. The van der Waals surface area contributed by atoms with Crippen molar-refractivity contribution in [1.29, 1.82) is 0 Å². The Bertz CT molecular complexity index is 582. The van der Waals surface area contributed by atoms with Crippen molar-refractivity contribution in [3.8, 4) is 5.75 Å². The molecule has 0 aliphatic carbocycles. The molecular formula is C18H23NO. The van der Waals surface area contributed by atoms with Crippen LogP contribution in [0.2, 0.25) is 0 Å². The zero-order valence-electron chi connectivity index (χ0n) is 12.7. The predicted octanol–water partition coefficient (Wildman–Crippen LogP) is 4.21. The summed E-state index contributed by atoms with van der Waals surface area (Å²) in [5.74, 6) is 0.891. The molecule has 0 bridgehead atoms. The monoisotopic (exact) mass is 269 g/mol. The summed E-state index contributed by atoms with van der Waals surface area (Å²) in [6.45, 7) is 8.87. The maximum atomic E-state index is 6.05. The molecule has 0 aliphatic rings. The molecule has 2 aromatic rings. The van der Waals surface area contributed by atoms with Crippen molar-refractivity contribution in [1.82, 2.24) is 0 Å². The van der Waals surface area contributed by atoms with E-state index >= 15 is 0 Å². The first-order valence-corrected chi connectivity index (χ1v) is 7.03. The van der Waals surface area contributed by atoms with Gasteiger partial charge in [-0.3, -0.25) is 0 Å². The van der Waals surface area contributed by atoms with Crippen LogP contribution in [-0.2, 0) is 6.61 Å². The van der Waals surface area contributed by atoms with Crippen LogP contribution in [0.4, 0.5) is 0 Å². The Kier molecular flexibility index (Phi) is 4.46. The van der Waals surface area contributed by atoms with E-state index in [1.807, 2.05) is 6.92 Å². The molecule has 0 amide bonds. The second-order valence-electron chi connectivity index (χ2n) is 5.49. The van der Waals surface area contributed by atoms with E-state index in [4.69, 9.17) is 10.5 Å². The van der Waals surface area contributed by atoms with Crippen LogP contribution in [0, 0.1) is 20.8 Å². The lowest BCUT2D eigenvalue weighted by Gasteiger charge is -2.16. The van der Waals surface area contributed by atoms with Crippen molar-refractivity contribution >= 4 is 0 Å². The molecule has 1 atom stereocenters. The fraction of sp³-hybridized carbons (Fsp3) is 0.333. The van der Waals surface area contributed by atoms with Crippen molar-refractivity contribution < 1.29 is 4.74 Å². The first-order valence-electron chi connectivity index (χ1n) is 7.03. The number of rotatable bonds is 4. The third-order valence-corrected chi connectivity index (χ3v) is 3.68. The fourth-order valence-electron chi connectivity index (χ4n) is 2.37. The summed E-state index contributed by atoms with van der Waals surface area (Å²) in [6, 6.07) is 12.5. The van der Waals surface area contributed by atoms with E-state index in [-0.39, 0.29) is 6.04 Å². The molecule has 2 N–H and O–H groups in total. The first kappa shape index (κ1) is 14.6. The highest BCUT2D eigenvalue weighted by Gasteiger charge is 2.10. The highest BCUT2D eigenvalue weighted by Crippen LogP contribution is 2.26. The van der Waals surface area contributed by atoms with Crippen LogP contribution in [0.1, 0.15) is 40.8 Å². The standard InChI is InChI=1S/C18H23NO/c1-12-8-9-16(15(4)19)18(10-12)20-11-17-13(2)6-5-7-14(17)3/h5-10,15H,11,19H2,1-4H3/t15-/m1/s1. The number of nitrogens with two attached hydrogens (primary N) is 1. The summed E-state index contributed by atoms with van der Waals surface area (Å²) in [5.41, 5.74) is 12.0. The van der Waals surface area contributed by atoms with Crippen LogP contribution in [0.15, 0.2) is 36.4 Å². The molecule has 2 rings (SSSR count). The molecule has 0 radical (unpaired) electrons. The number of hydrogen-bond donors (Lipinski definition) is 1. The molecule has 0 saturated heterocycles. The Morgan fingerprint density at radius 3 is 2.30 bits per heavy atom. The molecule has 2 aromatic carbocycles. The molecule has 0 spiro atoms. The van der Waals surface area contributed by atoms with E-state index < -0.39 is 0 Å². The third kappa shape index (κ3) is 3.20. The average molecular weight is 269 g/mol. The highest BCUT2D eigenvalue weighted by atomic mass is 16.5. The maximum Gasteiger partial charge on any atom is 0.124 e. The van der Waals surface area contributed by atoms with Gasteiger partial charge in [0.2, 0.25) is 0 Å². The number of ether oxygens (including phenoxy) is 1. The number of benzene rings is 2. The van der Waals surface area contributed by atoms with E-state index in [0.717, 1.165) is 11.3 Å². The van der Waals surface area contributed by atoms with E-state index in [9.17, 15) is 0 Å². The third-order valence-electron chi connectivity index (χ3n) is 3.68. The van der Waals surface area contributed by atoms with Gasteiger partial charge >= 0.3 is 0 Å². The van der Waals surface area contributed by atoms with Crippen LogP contribution >= 0.6 is 0 Å². The van der Waals surface area contributed by atoms with Crippen molar-refractivity contribution in [3.63, 3.8) is 0 Å². The predicted molar refractivity (Wildman–Crippen MR) is 84.0 cm³/mol. The van der Waals surface area contributed by atoms with Gasteiger partial charge in [-0.25, -0.2) is 0 Å². The van der Waals surface area contributed by atoms with E-state index in [2.05, 4.69) is 57.2 Å². The lowest BCUT2D eigenvalue weighted by Crippen LogP contribution is -2.09. The van der Waals surface area contributed by atoms with Crippen LogP contribution in [0.5, 0.6) is 5.75 Å². The number of hydrogen-bond acceptors (Lipinski definition) is 2. The largest absolute Gasteiger partial charge is 0.489 e. The van der Waals surface area contributed by atoms with Crippen LogP contribution in [0.25, 0.3) is 0 Å². The van der Waals surface area contributed by atoms with Crippen LogP contribution in [-0.4, -0.2) is 0 Å². The zero-order valence-corrected chi connectivity index (χ0v) is 12.7. The topological polar surface area (TPSA) is 35.2 Å². The van der Waals surface area contributed by atoms with Gasteiger partial charge in [-0.15, -0.1) is 0 Å². The molecule has 0 aromatic heterocycles. The van der Waals surface area contributed by atoms with E-state index in [0.29, 0.717) is 6.61 Å². The van der Waals surface area contributed by atoms with Gasteiger partial charge in [0.1, 0.15) is 12.4 Å². The molecule has 106 valence electrons. The second kappa shape index (κ2) is 6.10. The average Bonchev–Trinajstić information content (AvgIpc) is 2.37. The molecule has 0 unspecified atom stereocenters. The van der Waals surface area contributed by atoms with Crippen molar-refractivity contribution in [3.05, 3.63) is 64.2 Å². The Morgan fingerprint density at radius 2 is 1.70 bits per heavy atom. The molecule has 20 heavy (non-hydrogen) atoms. The quantitative estimate of drug-likeness (QED) is 0.902. The minimum atomic E-state index is -0.0245. The Hall–Kier alpha value is -1.80. The fourth-order valence-corrected chi connectivity index (χ4v) is 2.37. The first-order chi connectivity index (χ1) is 9.49. The van der Waals surface area contributed by atoms with Crippen molar-refractivity contribution in [2.45, 2.75) is 40.3 Å². The normalized spacial score (nSPS) is 12.2. The summed E-state index contributed by atoms with van der Waals surface area (Å²) in [5, 5.41) is 0. The Morgan fingerprint density at radius 1 is 1.05 bits per heavy atom. The Balaban J connectivity index is 2.25. The molecule has 0 fully saturated rings. The lowest BCUT2D eigenvalue weighted by atomic mass is 10.0. The molecule has 0 heterocycles. The van der Waals surface area contributed by atoms with Gasteiger partial charge in [0, 0.05) is 11.6 Å². The maximum absolute atomic E-state index is 6.05. The van der Waals surface area contributed by atoms with Gasteiger partial charge < -0.3 is 10.5 Å². The van der Waals surface area contributed by atoms with Crippen LogP contribution in [0.3, 0.4) is 0 Å². The summed E-state index contributed by atoms with van der Waals surface area (Å²) in [4.78, 5) is 0. The van der Waals surface area contributed by atoms with E-state index in [1.54, 1.807) is 0 Å². The second-order valence-corrected chi connectivity index (χ2v) is 5.49. The van der Waals surface area contributed by atoms with Gasteiger partial charge in [0.15, 0.2) is 0 Å². The van der Waals surface area contributed by atoms with Gasteiger partial charge in [-0.1, -0.05) is 30.3 Å². The molecule has 0 aliphatic heterocycles. The summed E-state index contributed by atoms with van der Waals surface area (Å²) in [6.07, 6.45) is 0. The molecular weight excluding hydrogens is 246 g/mol. The molecule has 2 heteroatoms. The van der Waals surface area contributed by atoms with Crippen molar-refractivity contribution in [2.75, 3.05) is 0 Å². The van der Waals surface area contributed by atoms with Gasteiger partial charge in [-0.2, -0.15) is 0 Å².